The van der Waals surface area contributed by atoms with E-state index >= 15 is 0 Å². The zero-order chi connectivity index (χ0) is 18.4. The second-order valence-electron chi connectivity index (χ2n) is 6.24. The lowest BCUT2D eigenvalue weighted by atomic mass is 10.0. The van der Waals surface area contributed by atoms with Crippen molar-refractivity contribution in [3.05, 3.63) is 94.3 Å². The van der Waals surface area contributed by atoms with E-state index in [4.69, 9.17) is 9.47 Å². The number of ether oxygens (including phenoxy) is 2. The molecule has 0 amide bonds. The lowest BCUT2D eigenvalue weighted by Crippen LogP contribution is -2.07. The standard InChI is InChI=1S/C22H23NO3/c1-16-19(13-17-9-5-3-6-10-17)20(15-25-2)23-21(16)22(24)26-14-18-11-7-4-8-12-18/h3-12,23H,13-15H2,1-2H3. The first-order valence-electron chi connectivity index (χ1n) is 8.63. The van der Waals surface area contributed by atoms with Crippen LogP contribution in [0.15, 0.2) is 60.7 Å². The zero-order valence-corrected chi connectivity index (χ0v) is 15.1. The van der Waals surface area contributed by atoms with Crippen LogP contribution in [0.4, 0.5) is 0 Å². The van der Waals surface area contributed by atoms with Crippen molar-refractivity contribution in [3.63, 3.8) is 0 Å². The van der Waals surface area contributed by atoms with E-state index < -0.39 is 0 Å². The molecule has 4 nitrogen and oxygen atoms in total. The molecule has 0 radical (unpaired) electrons. The smallest absolute Gasteiger partial charge is 0.355 e. The molecule has 26 heavy (non-hydrogen) atoms. The van der Waals surface area contributed by atoms with Gasteiger partial charge in [-0.2, -0.15) is 0 Å². The van der Waals surface area contributed by atoms with Gasteiger partial charge in [0.25, 0.3) is 0 Å². The monoisotopic (exact) mass is 349 g/mol. The maximum Gasteiger partial charge on any atom is 0.355 e. The number of aromatic amines is 1. The summed E-state index contributed by atoms with van der Waals surface area (Å²) in [4.78, 5) is 15.8. The summed E-state index contributed by atoms with van der Waals surface area (Å²) in [7, 11) is 1.65. The minimum absolute atomic E-state index is 0.256. The number of hydrogen-bond acceptors (Lipinski definition) is 3. The van der Waals surface area contributed by atoms with Gasteiger partial charge in [0, 0.05) is 12.8 Å². The summed E-state index contributed by atoms with van der Waals surface area (Å²) in [6.07, 6.45) is 0.744. The lowest BCUT2D eigenvalue weighted by Gasteiger charge is -2.06. The van der Waals surface area contributed by atoms with Gasteiger partial charge in [-0.05, 0) is 35.6 Å². The van der Waals surface area contributed by atoms with Crippen LogP contribution in [0.1, 0.15) is 38.4 Å². The Bertz CT molecular complexity index is 854. The molecule has 1 heterocycles. The molecule has 0 aliphatic heterocycles. The SMILES string of the molecule is COCc1[nH]c(C(=O)OCc2ccccc2)c(C)c1Cc1ccccc1. The summed E-state index contributed by atoms with van der Waals surface area (Å²) in [6, 6.07) is 19.9. The van der Waals surface area contributed by atoms with Crippen molar-refractivity contribution in [2.45, 2.75) is 26.6 Å². The van der Waals surface area contributed by atoms with Crippen LogP contribution >= 0.6 is 0 Å². The van der Waals surface area contributed by atoms with Gasteiger partial charge in [0.05, 0.1) is 6.61 Å². The van der Waals surface area contributed by atoms with Crippen molar-refractivity contribution >= 4 is 5.97 Å². The fraction of sp³-hybridized carbons (Fsp3) is 0.227. The van der Waals surface area contributed by atoms with E-state index in [1.807, 2.05) is 55.5 Å². The molecule has 0 unspecified atom stereocenters. The molecule has 3 aromatic rings. The van der Waals surface area contributed by atoms with Crippen molar-refractivity contribution in [2.75, 3.05) is 7.11 Å². The topological polar surface area (TPSA) is 51.3 Å². The Morgan fingerprint density at radius 1 is 0.923 bits per heavy atom. The maximum absolute atomic E-state index is 12.6. The molecule has 0 spiro atoms. The lowest BCUT2D eigenvalue weighted by molar-refractivity contribution is 0.0465. The van der Waals surface area contributed by atoms with Crippen LogP contribution in [-0.4, -0.2) is 18.1 Å². The molecule has 134 valence electrons. The molecule has 0 fully saturated rings. The summed E-state index contributed by atoms with van der Waals surface area (Å²) >= 11 is 0. The third-order valence-corrected chi connectivity index (χ3v) is 4.40. The van der Waals surface area contributed by atoms with E-state index in [0.717, 1.165) is 28.8 Å². The minimum atomic E-state index is -0.344. The number of H-pyrrole nitrogens is 1. The summed E-state index contributed by atoms with van der Waals surface area (Å²) in [6.45, 7) is 2.63. The highest BCUT2D eigenvalue weighted by Crippen LogP contribution is 2.23. The van der Waals surface area contributed by atoms with Gasteiger partial charge in [-0.25, -0.2) is 4.79 Å². The molecule has 4 heteroatoms. The van der Waals surface area contributed by atoms with Gasteiger partial charge in [0.15, 0.2) is 0 Å². The molecular formula is C22H23NO3. The summed E-state index contributed by atoms with van der Waals surface area (Å²) in [5.74, 6) is -0.344. The Balaban J connectivity index is 1.80. The van der Waals surface area contributed by atoms with Gasteiger partial charge in [0.2, 0.25) is 0 Å². The van der Waals surface area contributed by atoms with Gasteiger partial charge < -0.3 is 14.5 Å². The van der Waals surface area contributed by atoms with Crippen molar-refractivity contribution in [1.82, 2.24) is 4.98 Å². The van der Waals surface area contributed by atoms with Gasteiger partial charge in [-0.3, -0.25) is 0 Å². The number of rotatable bonds is 7. The molecule has 0 bridgehead atoms. The Kier molecular flexibility index (Phi) is 5.87. The molecule has 0 aliphatic carbocycles. The normalized spacial score (nSPS) is 10.7. The Morgan fingerprint density at radius 3 is 2.15 bits per heavy atom. The molecule has 0 saturated heterocycles. The van der Waals surface area contributed by atoms with Crippen molar-refractivity contribution in [3.8, 4) is 0 Å². The number of benzene rings is 2. The maximum atomic E-state index is 12.6. The van der Waals surface area contributed by atoms with E-state index in [9.17, 15) is 4.79 Å². The van der Waals surface area contributed by atoms with Crippen molar-refractivity contribution in [2.24, 2.45) is 0 Å². The minimum Gasteiger partial charge on any atom is -0.456 e. The van der Waals surface area contributed by atoms with Crippen LogP contribution in [0.2, 0.25) is 0 Å². The van der Waals surface area contributed by atoms with Crippen LogP contribution in [0.3, 0.4) is 0 Å². The van der Waals surface area contributed by atoms with E-state index in [1.165, 1.54) is 5.56 Å². The van der Waals surface area contributed by atoms with Crippen LogP contribution in [0.5, 0.6) is 0 Å². The summed E-state index contributed by atoms with van der Waals surface area (Å²) in [5, 5.41) is 0. The van der Waals surface area contributed by atoms with Gasteiger partial charge in [-0.1, -0.05) is 60.7 Å². The highest BCUT2D eigenvalue weighted by molar-refractivity contribution is 5.89. The van der Waals surface area contributed by atoms with E-state index in [0.29, 0.717) is 12.3 Å². The number of carbonyl (C=O) groups excluding carboxylic acids is 1. The zero-order valence-electron chi connectivity index (χ0n) is 15.1. The fourth-order valence-electron chi connectivity index (χ4n) is 3.00. The first-order valence-corrected chi connectivity index (χ1v) is 8.63. The largest absolute Gasteiger partial charge is 0.456 e. The summed E-state index contributed by atoms with van der Waals surface area (Å²) < 4.78 is 10.8. The summed E-state index contributed by atoms with van der Waals surface area (Å²) in [5.41, 5.74) is 5.57. The highest BCUT2D eigenvalue weighted by atomic mass is 16.5. The van der Waals surface area contributed by atoms with Crippen LogP contribution < -0.4 is 0 Å². The van der Waals surface area contributed by atoms with Gasteiger partial charge in [0.1, 0.15) is 12.3 Å². The quantitative estimate of drug-likeness (QED) is 0.643. The second kappa shape index (κ2) is 8.50. The second-order valence-corrected chi connectivity index (χ2v) is 6.24. The first kappa shape index (κ1) is 18.0. The van der Waals surface area contributed by atoms with Gasteiger partial charge >= 0.3 is 5.97 Å². The number of aromatic nitrogens is 1. The number of esters is 1. The highest BCUT2D eigenvalue weighted by Gasteiger charge is 2.20. The van der Waals surface area contributed by atoms with E-state index in [1.54, 1.807) is 7.11 Å². The molecule has 3 rings (SSSR count). The predicted molar refractivity (Wildman–Crippen MR) is 101 cm³/mol. The molecule has 0 atom stereocenters. The number of hydrogen-bond donors (Lipinski definition) is 1. The van der Waals surface area contributed by atoms with Crippen molar-refractivity contribution in [1.29, 1.82) is 0 Å². The molecule has 0 saturated carbocycles. The van der Waals surface area contributed by atoms with E-state index in [2.05, 4.69) is 17.1 Å². The number of nitrogens with one attached hydrogen (secondary N) is 1. The third kappa shape index (κ3) is 4.21. The van der Waals surface area contributed by atoms with E-state index in [-0.39, 0.29) is 12.6 Å². The number of carbonyl (C=O) groups is 1. The van der Waals surface area contributed by atoms with Crippen LogP contribution in [0.25, 0.3) is 0 Å². The molecular weight excluding hydrogens is 326 g/mol. The average Bonchev–Trinajstić information content (AvgIpc) is 2.98. The number of methoxy groups -OCH3 is 1. The molecule has 0 aliphatic rings. The van der Waals surface area contributed by atoms with Crippen LogP contribution in [0, 0.1) is 6.92 Å². The van der Waals surface area contributed by atoms with Gasteiger partial charge in [-0.15, -0.1) is 0 Å². The fourth-order valence-corrected chi connectivity index (χ4v) is 3.00. The predicted octanol–water partition coefficient (Wildman–Crippen LogP) is 4.42. The average molecular weight is 349 g/mol. The van der Waals surface area contributed by atoms with Crippen molar-refractivity contribution < 1.29 is 14.3 Å². The molecule has 1 N–H and O–H groups in total. The molecule has 2 aromatic carbocycles. The Morgan fingerprint density at radius 2 is 1.54 bits per heavy atom. The Hall–Kier alpha value is -2.85. The molecule has 1 aromatic heterocycles. The Labute approximate surface area is 153 Å². The first-order chi connectivity index (χ1) is 12.7. The van der Waals surface area contributed by atoms with Crippen LogP contribution in [-0.2, 0) is 29.1 Å². The third-order valence-electron chi connectivity index (χ3n) is 4.40.